The number of allylic oxidation sites excluding steroid dienone is 2. The van der Waals surface area contributed by atoms with E-state index in [1.54, 1.807) is 25.1 Å². The van der Waals surface area contributed by atoms with Gasteiger partial charge in [-0.3, -0.25) is 20.3 Å². The van der Waals surface area contributed by atoms with E-state index in [-0.39, 0.29) is 11.8 Å². The lowest BCUT2D eigenvalue weighted by molar-refractivity contribution is -0.112. The van der Waals surface area contributed by atoms with Gasteiger partial charge in [0.05, 0.1) is 11.6 Å². The Labute approximate surface area is 194 Å². The van der Waals surface area contributed by atoms with Crippen molar-refractivity contribution in [3.63, 3.8) is 0 Å². The first kappa shape index (κ1) is 23.8. The van der Waals surface area contributed by atoms with E-state index in [2.05, 4.69) is 11.4 Å². The lowest BCUT2D eigenvalue weighted by Crippen LogP contribution is -2.38. The minimum absolute atomic E-state index is 0.0482. The van der Waals surface area contributed by atoms with Crippen molar-refractivity contribution in [2.45, 2.75) is 32.6 Å². The van der Waals surface area contributed by atoms with Gasteiger partial charge in [-0.1, -0.05) is 24.3 Å². The molecule has 2 aromatic carbocycles. The van der Waals surface area contributed by atoms with Gasteiger partial charge in [0.1, 0.15) is 0 Å². The summed E-state index contributed by atoms with van der Waals surface area (Å²) >= 11 is 0. The fourth-order valence-corrected chi connectivity index (χ4v) is 3.85. The second-order valence-corrected chi connectivity index (χ2v) is 8.12. The Morgan fingerprint density at radius 1 is 1.15 bits per heavy atom. The predicted octanol–water partition coefficient (Wildman–Crippen LogP) is 4.26. The Hall–Kier alpha value is -3.89. The maximum Gasteiger partial charge on any atom is 0.253 e. The van der Waals surface area contributed by atoms with Crippen LogP contribution >= 0.6 is 0 Å². The van der Waals surface area contributed by atoms with Crippen LogP contribution in [0.4, 0.5) is 5.69 Å². The molecule has 170 valence electrons. The van der Waals surface area contributed by atoms with Gasteiger partial charge in [-0.05, 0) is 74.1 Å². The lowest BCUT2D eigenvalue weighted by Gasteiger charge is -2.32. The van der Waals surface area contributed by atoms with Gasteiger partial charge in [0.2, 0.25) is 0 Å². The second kappa shape index (κ2) is 11.1. The summed E-state index contributed by atoms with van der Waals surface area (Å²) in [5, 5.41) is 20.4. The van der Waals surface area contributed by atoms with E-state index >= 15 is 0 Å². The number of carbonyl (C=O) groups is 2. The van der Waals surface area contributed by atoms with Crippen LogP contribution in [0, 0.1) is 18.3 Å². The molecule has 7 nitrogen and oxygen atoms in total. The molecule has 0 atom stereocenters. The largest absolute Gasteiger partial charge is 0.339 e. The third kappa shape index (κ3) is 6.09. The molecular weight excluding hydrogens is 416 g/mol. The van der Waals surface area contributed by atoms with Crippen molar-refractivity contribution in [2.24, 2.45) is 0 Å². The molecule has 2 amide bonds. The summed E-state index contributed by atoms with van der Waals surface area (Å²) in [7, 11) is 0. The number of benzene rings is 2. The highest BCUT2D eigenvalue weighted by molar-refractivity contribution is 6.05. The number of nitrogens with one attached hydrogen (secondary N) is 2. The fourth-order valence-electron chi connectivity index (χ4n) is 3.85. The van der Waals surface area contributed by atoms with Crippen molar-refractivity contribution in [1.29, 1.82) is 5.26 Å². The molecule has 33 heavy (non-hydrogen) atoms. The predicted molar refractivity (Wildman–Crippen MR) is 127 cm³/mol. The van der Waals surface area contributed by atoms with Crippen LogP contribution in [0.5, 0.6) is 0 Å². The molecule has 0 aromatic heterocycles. The minimum Gasteiger partial charge on any atom is -0.339 e. The number of rotatable bonds is 6. The van der Waals surface area contributed by atoms with Crippen LogP contribution in [0.15, 0.2) is 66.4 Å². The molecular formula is C26H28N4O3. The standard InChI is InChI=1S/C26H28N4O3/c1-18-5-8-23(16-24(18)29-25(31)19(2)4-3-13-28-33)26(32)30-14-11-22(12-15-30)21-9-6-20(17-27)7-10-21/h3-10,13,16,22,28,33H,11-12,14-15H2,1-2H3,(H,29,31)/b13-3-,19-4+. The molecule has 0 aliphatic carbocycles. The van der Waals surface area contributed by atoms with Gasteiger partial charge in [-0.15, -0.1) is 0 Å². The maximum atomic E-state index is 13.1. The zero-order valence-electron chi connectivity index (χ0n) is 18.8. The van der Waals surface area contributed by atoms with E-state index < -0.39 is 0 Å². The average molecular weight is 445 g/mol. The first-order chi connectivity index (χ1) is 15.9. The van der Waals surface area contributed by atoms with E-state index in [0.717, 1.165) is 18.4 Å². The topological polar surface area (TPSA) is 105 Å². The number of hydrogen-bond acceptors (Lipinski definition) is 5. The van der Waals surface area contributed by atoms with Gasteiger partial charge in [0.15, 0.2) is 0 Å². The third-order valence-electron chi connectivity index (χ3n) is 5.90. The van der Waals surface area contributed by atoms with Crippen LogP contribution in [0.1, 0.15) is 52.7 Å². The number of carbonyl (C=O) groups excluding carboxylic acids is 2. The number of amides is 2. The van der Waals surface area contributed by atoms with Crippen LogP contribution in [-0.4, -0.2) is 35.0 Å². The van der Waals surface area contributed by atoms with Crippen LogP contribution in [0.2, 0.25) is 0 Å². The van der Waals surface area contributed by atoms with Crippen molar-refractivity contribution < 1.29 is 14.8 Å². The van der Waals surface area contributed by atoms with Gasteiger partial charge in [0.25, 0.3) is 11.8 Å². The summed E-state index contributed by atoms with van der Waals surface area (Å²) in [5.74, 6) is 0.0426. The number of nitriles is 1. The second-order valence-electron chi connectivity index (χ2n) is 8.12. The number of aryl methyl sites for hydroxylation is 1. The number of anilines is 1. The lowest BCUT2D eigenvalue weighted by atomic mass is 9.89. The van der Waals surface area contributed by atoms with Crippen molar-refractivity contribution in [2.75, 3.05) is 18.4 Å². The number of piperidine rings is 1. The molecule has 1 fully saturated rings. The molecule has 7 heteroatoms. The Morgan fingerprint density at radius 2 is 1.85 bits per heavy atom. The van der Waals surface area contributed by atoms with Crippen LogP contribution in [0.25, 0.3) is 0 Å². The highest BCUT2D eigenvalue weighted by atomic mass is 16.5. The van der Waals surface area contributed by atoms with E-state index in [1.807, 2.05) is 47.6 Å². The minimum atomic E-state index is -0.284. The molecule has 0 saturated carbocycles. The van der Waals surface area contributed by atoms with Gasteiger partial charge >= 0.3 is 0 Å². The van der Waals surface area contributed by atoms with Crippen molar-refractivity contribution in [3.05, 3.63) is 88.6 Å². The molecule has 3 rings (SSSR count). The zero-order valence-corrected chi connectivity index (χ0v) is 18.8. The van der Waals surface area contributed by atoms with Crippen LogP contribution < -0.4 is 10.8 Å². The smallest absolute Gasteiger partial charge is 0.253 e. The van der Waals surface area contributed by atoms with Gasteiger partial charge in [0, 0.05) is 36.1 Å². The van der Waals surface area contributed by atoms with E-state index in [4.69, 9.17) is 10.5 Å². The number of hydrogen-bond donors (Lipinski definition) is 3. The molecule has 1 aliphatic rings. The first-order valence-corrected chi connectivity index (χ1v) is 10.9. The molecule has 0 unspecified atom stereocenters. The summed E-state index contributed by atoms with van der Waals surface area (Å²) in [6, 6.07) is 15.2. The number of hydroxylamine groups is 1. The molecule has 1 heterocycles. The maximum absolute atomic E-state index is 13.1. The Kier molecular flexibility index (Phi) is 8.01. The molecule has 1 saturated heterocycles. The van der Waals surface area contributed by atoms with Gasteiger partial charge in [-0.2, -0.15) is 5.26 Å². The Morgan fingerprint density at radius 3 is 2.48 bits per heavy atom. The van der Waals surface area contributed by atoms with Crippen LogP contribution in [0.3, 0.4) is 0 Å². The highest BCUT2D eigenvalue weighted by Crippen LogP contribution is 2.29. The molecule has 3 N–H and O–H groups in total. The van der Waals surface area contributed by atoms with E-state index in [9.17, 15) is 9.59 Å². The SMILES string of the molecule is C/C(=C\C=C/NO)C(=O)Nc1cc(C(=O)N2CCC(c3ccc(C#N)cc3)CC2)ccc1C. The number of nitrogens with zero attached hydrogens (tertiary/aromatic N) is 2. The Bertz CT molecular complexity index is 1110. The quantitative estimate of drug-likeness (QED) is 0.351. The molecule has 2 aromatic rings. The van der Waals surface area contributed by atoms with Crippen molar-refractivity contribution in [1.82, 2.24) is 10.4 Å². The molecule has 0 radical (unpaired) electrons. The van der Waals surface area contributed by atoms with Gasteiger partial charge in [-0.25, -0.2) is 0 Å². The molecule has 0 bridgehead atoms. The third-order valence-corrected chi connectivity index (χ3v) is 5.90. The summed E-state index contributed by atoms with van der Waals surface area (Å²) < 4.78 is 0. The highest BCUT2D eigenvalue weighted by Gasteiger charge is 2.25. The molecule has 0 spiro atoms. The zero-order chi connectivity index (χ0) is 23.8. The first-order valence-electron chi connectivity index (χ1n) is 10.9. The average Bonchev–Trinajstić information content (AvgIpc) is 2.85. The number of likely N-dealkylation sites (tertiary alicyclic amines) is 1. The van der Waals surface area contributed by atoms with E-state index in [0.29, 0.717) is 41.4 Å². The summed E-state index contributed by atoms with van der Waals surface area (Å²) in [6.45, 7) is 4.86. The van der Waals surface area contributed by atoms with Crippen LogP contribution in [-0.2, 0) is 4.79 Å². The van der Waals surface area contributed by atoms with Gasteiger partial charge < -0.3 is 10.2 Å². The Balaban J connectivity index is 1.64. The monoisotopic (exact) mass is 444 g/mol. The summed E-state index contributed by atoms with van der Waals surface area (Å²) in [4.78, 5) is 27.4. The fraction of sp³-hybridized carbons (Fsp3) is 0.269. The van der Waals surface area contributed by atoms with Crippen molar-refractivity contribution >= 4 is 17.5 Å². The van der Waals surface area contributed by atoms with E-state index in [1.165, 1.54) is 17.8 Å². The summed E-state index contributed by atoms with van der Waals surface area (Å²) in [6.07, 6.45) is 6.12. The summed E-state index contributed by atoms with van der Waals surface area (Å²) in [5.41, 5.74) is 6.19. The normalized spacial score (nSPS) is 14.7. The van der Waals surface area contributed by atoms with Crippen molar-refractivity contribution in [3.8, 4) is 6.07 Å². The molecule has 1 aliphatic heterocycles.